The zero-order valence-corrected chi connectivity index (χ0v) is 11.8. The van der Waals surface area contributed by atoms with E-state index < -0.39 is 6.17 Å². The lowest BCUT2D eigenvalue weighted by molar-refractivity contribution is 0.328. The number of fused-ring (bicyclic) bond motifs is 1. The lowest BCUT2D eigenvalue weighted by Gasteiger charge is -2.15. The normalized spacial score (nSPS) is 15.2. The number of halogens is 1. The second-order valence-electron chi connectivity index (χ2n) is 5.44. The van der Waals surface area contributed by atoms with E-state index in [1.54, 1.807) is 4.68 Å². The van der Waals surface area contributed by atoms with Crippen molar-refractivity contribution < 1.29 is 4.39 Å². The van der Waals surface area contributed by atoms with Crippen LogP contribution in [0.15, 0.2) is 24.5 Å². The van der Waals surface area contributed by atoms with Crippen molar-refractivity contribution in [1.82, 2.24) is 14.8 Å². The minimum absolute atomic E-state index is 0.194. The van der Waals surface area contributed by atoms with E-state index in [1.165, 1.54) is 11.9 Å². The monoisotopic (exact) mass is 274 g/mol. The maximum atomic E-state index is 14.7. The number of nitrogens with zero attached hydrogens (tertiary/aromatic N) is 3. The molecule has 4 nitrogen and oxygen atoms in total. The standard InChI is InChI=1S/C15H19FN4/c1-10(2)20-14(18-9-19-20)8-13(16)12-5-3-4-11-6-7-17-15(11)12/h3-5,9-10,13,17H,6-8H2,1-2H3. The van der Waals surface area contributed by atoms with Crippen molar-refractivity contribution in [3.05, 3.63) is 41.5 Å². The fourth-order valence-corrected chi connectivity index (χ4v) is 2.75. The van der Waals surface area contributed by atoms with Gasteiger partial charge in [-0.05, 0) is 25.8 Å². The lowest BCUT2D eigenvalue weighted by atomic mass is 10.0. The summed E-state index contributed by atoms with van der Waals surface area (Å²) in [4.78, 5) is 4.19. The third-order valence-electron chi connectivity index (χ3n) is 3.71. The Morgan fingerprint density at radius 2 is 2.25 bits per heavy atom. The molecule has 106 valence electrons. The molecule has 1 atom stereocenters. The van der Waals surface area contributed by atoms with Gasteiger partial charge in [0.2, 0.25) is 0 Å². The molecule has 0 bridgehead atoms. The first kappa shape index (κ1) is 13.1. The van der Waals surface area contributed by atoms with Crippen LogP contribution in [0.3, 0.4) is 0 Å². The van der Waals surface area contributed by atoms with Gasteiger partial charge >= 0.3 is 0 Å². The van der Waals surface area contributed by atoms with Gasteiger partial charge in [0.05, 0.1) is 0 Å². The molecule has 0 saturated carbocycles. The molecule has 0 fully saturated rings. The summed E-state index contributed by atoms with van der Waals surface area (Å²) >= 11 is 0. The molecule has 0 aliphatic carbocycles. The minimum Gasteiger partial charge on any atom is -0.384 e. The van der Waals surface area contributed by atoms with Gasteiger partial charge in [-0.25, -0.2) is 14.1 Å². The molecule has 1 aromatic heterocycles. The fraction of sp³-hybridized carbons (Fsp3) is 0.467. The maximum Gasteiger partial charge on any atom is 0.138 e. The summed E-state index contributed by atoms with van der Waals surface area (Å²) in [7, 11) is 0. The predicted octanol–water partition coefficient (Wildman–Crippen LogP) is 3.08. The molecule has 5 heteroatoms. The number of hydrogen-bond acceptors (Lipinski definition) is 3. The van der Waals surface area contributed by atoms with E-state index in [4.69, 9.17) is 0 Å². The van der Waals surface area contributed by atoms with E-state index in [1.807, 2.05) is 26.0 Å². The molecule has 1 aliphatic heterocycles. The highest BCUT2D eigenvalue weighted by Gasteiger charge is 2.22. The summed E-state index contributed by atoms with van der Waals surface area (Å²) in [5.74, 6) is 0.697. The van der Waals surface area contributed by atoms with E-state index in [0.717, 1.165) is 24.2 Å². The van der Waals surface area contributed by atoms with Crippen molar-refractivity contribution in [2.75, 3.05) is 11.9 Å². The molecule has 1 N–H and O–H groups in total. The number of anilines is 1. The lowest BCUT2D eigenvalue weighted by Crippen LogP contribution is -2.11. The maximum absolute atomic E-state index is 14.7. The SMILES string of the molecule is CC(C)n1ncnc1CC(F)c1cccc2c1NCC2. The molecule has 0 saturated heterocycles. The largest absolute Gasteiger partial charge is 0.384 e. The van der Waals surface area contributed by atoms with E-state index >= 15 is 0 Å². The molecule has 1 aromatic carbocycles. The number of benzene rings is 1. The van der Waals surface area contributed by atoms with Crippen LogP contribution in [0.5, 0.6) is 0 Å². The van der Waals surface area contributed by atoms with Gasteiger partial charge in [-0.2, -0.15) is 5.10 Å². The number of aromatic nitrogens is 3. The predicted molar refractivity (Wildman–Crippen MR) is 76.6 cm³/mol. The van der Waals surface area contributed by atoms with Crippen molar-refractivity contribution in [3.63, 3.8) is 0 Å². The van der Waals surface area contributed by atoms with Crippen LogP contribution in [-0.4, -0.2) is 21.3 Å². The van der Waals surface area contributed by atoms with Crippen molar-refractivity contribution in [2.24, 2.45) is 0 Å². The van der Waals surface area contributed by atoms with E-state index in [9.17, 15) is 4.39 Å². The Kier molecular flexibility index (Phi) is 3.42. The summed E-state index contributed by atoms with van der Waals surface area (Å²) in [5, 5.41) is 7.44. The number of para-hydroxylation sites is 1. The highest BCUT2D eigenvalue weighted by molar-refractivity contribution is 5.62. The Balaban J connectivity index is 1.85. The average molecular weight is 274 g/mol. The molecule has 1 aliphatic rings. The first-order valence-corrected chi connectivity index (χ1v) is 7.05. The van der Waals surface area contributed by atoms with Crippen LogP contribution in [0.1, 0.15) is 43.0 Å². The zero-order chi connectivity index (χ0) is 14.1. The third-order valence-corrected chi connectivity index (χ3v) is 3.71. The fourth-order valence-electron chi connectivity index (χ4n) is 2.75. The van der Waals surface area contributed by atoms with Gasteiger partial charge in [-0.1, -0.05) is 18.2 Å². The Bertz CT molecular complexity index is 606. The van der Waals surface area contributed by atoms with Gasteiger partial charge in [-0.15, -0.1) is 0 Å². The van der Waals surface area contributed by atoms with E-state index in [0.29, 0.717) is 5.82 Å². The van der Waals surface area contributed by atoms with Crippen molar-refractivity contribution in [2.45, 2.75) is 38.9 Å². The van der Waals surface area contributed by atoms with Gasteiger partial charge in [0.1, 0.15) is 18.3 Å². The van der Waals surface area contributed by atoms with E-state index in [-0.39, 0.29) is 12.5 Å². The van der Waals surface area contributed by atoms with Crippen molar-refractivity contribution in [3.8, 4) is 0 Å². The molecule has 0 radical (unpaired) electrons. The minimum atomic E-state index is -1.06. The summed E-state index contributed by atoms with van der Waals surface area (Å²) < 4.78 is 16.5. The van der Waals surface area contributed by atoms with E-state index in [2.05, 4.69) is 21.5 Å². The molecule has 1 unspecified atom stereocenters. The van der Waals surface area contributed by atoms with Gasteiger partial charge in [0, 0.05) is 30.3 Å². The molecule has 0 spiro atoms. The van der Waals surface area contributed by atoms with Crippen molar-refractivity contribution in [1.29, 1.82) is 0 Å². The molecule has 0 amide bonds. The van der Waals surface area contributed by atoms with Crippen LogP contribution in [0, 0.1) is 0 Å². The Hall–Kier alpha value is -1.91. The van der Waals surface area contributed by atoms with Crippen LogP contribution in [0.2, 0.25) is 0 Å². The van der Waals surface area contributed by atoms with Gasteiger partial charge < -0.3 is 5.32 Å². The van der Waals surface area contributed by atoms with Gasteiger partial charge in [0.25, 0.3) is 0 Å². The number of alkyl halides is 1. The summed E-state index contributed by atoms with van der Waals surface area (Å²) in [6.45, 7) is 4.93. The molecular formula is C15H19FN4. The summed E-state index contributed by atoms with van der Waals surface area (Å²) in [6.07, 6.45) is 1.67. The zero-order valence-electron chi connectivity index (χ0n) is 11.8. The summed E-state index contributed by atoms with van der Waals surface area (Å²) in [6, 6.07) is 6.04. The number of rotatable bonds is 4. The smallest absolute Gasteiger partial charge is 0.138 e. The molecular weight excluding hydrogens is 255 g/mol. The van der Waals surface area contributed by atoms with Gasteiger partial charge in [-0.3, -0.25) is 0 Å². The first-order valence-electron chi connectivity index (χ1n) is 7.05. The highest BCUT2D eigenvalue weighted by atomic mass is 19.1. The first-order chi connectivity index (χ1) is 9.66. The van der Waals surface area contributed by atoms with Crippen LogP contribution in [-0.2, 0) is 12.8 Å². The van der Waals surface area contributed by atoms with Crippen LogP contribution in [0.4, 0.5) is 10.1 Å². The molecule has 2 heterocycles. The van der Waals surface area contributed by atoms with Gasteiger partial charge in [0.15, 0.2) is 0 Å². The number of nitrogens with one attached hydrogen (secondary N) is 1. The third kappa shape index (κ3) is 2.28. The second kappa shape index (κ2) is 5.23. The Morgan fingerprint density at radius 3 is 3.05 bits per heavy atom. The Labute approximate surface area is 118 Å². The molecule has 2 aromatic rings. The average Bonchev–Trinajstić information content (AvgIpc) is 3.05. The second-order valence-corrected chi connectivity index (χ2v) is 5.44. The van der Waals surface area contributed by atoms with Crippen LogP contribution >= 0.6 is 0 Å². The summed E-state index contributed by atoms with van der Waals surface area (Å²) in [5.41, 5.74) is 2.91. The van der Waals surface area contributed by atoms with Crippen molar-refractivity contribution >= 4 is 5.69 Å². The number of hydrogen-bond donors (Lipinski definition) is 1. The molecule has 20 heavy (non-hydrogen) atoms. The van der Waals surface area contributed by atoms with Crippen LogP contribution in [0.25, 0.3) is 0 Å². The topological polar surface area (TPSA) is 42.7 Å². The highest BCUT2D eigenvalue weighted by Crippen LogP contribution is 2.34. The molecule has 3 rings (SSSR count). The quantitative estimate of drug-likeness (QED) is 0.931. The Morgan fingerprint density at radius 1 is 1.40 bits per heavy atom. The van der Waals surface area contributed by atoms with Crippen LogP contribution < -0.4 is 5.32 Å².